The second-order valence-corrected chi connectivity index (χ2v) is 8.06. The molecule has 1 rings (SSSR count). The lowest BCUT2D eigenvalue weighted by molar-refractivity contribution is 0.0976. The first kappa shape index (κ1) is 14.4. The number of ketones is 1. The number of carbonyl (C=O) groups excluding carboxylic acids is 1. The molecule has 1 aromatic rings. The Hall–Kier alpha value is -0.680. The molecule has 0 N–H and O–H groups in total. The minimum atomic E-state index is -3.49. The third-order valence-electron chi connectivity index (χ3n) is 2.70. The van der Waals surface area contributed by atoms with Crippen LogP contribution in [0.5, 0.6) is 0 Å². The SMILES string of the molecule is CC[C@](Br)(C(=O)c1ccccc1)S(=O)(=O)CC. The fourth-order valence-electron chi connectivity index (χ4n) is 1.56. The number of carbonyl (C=O) groups is 1. The maximum absolute atomic E-state index is 12.3. The largest absolute Gasteiger partial charge is 0.291 e. The minimum Gasteiger partial charge on any atom is -0.291 e. The van der Waals surface area contributed by atoms with Gasteiger partial charge in [-0.05, 0) is 6.42 Å². The summed E-state index contributed by atoms with van der Waals surface area (Å²) in [5.74, 6) is -0.465. The van der Waals surface area contributed by atoms with Crippen LogP contribution < -0.4 is 0 Å². The normalized spacial score (nSPS) is 15.2. The van der Waals surface area contributed by atoms with E-state index >= 15 is 0 Å². The Balaban J connectivity index is 3.26. The van der Waals surface area contributed by atoms with Gasteiger partial charge in [-0.2, -0.15) is 0 Å². The van der Waals surface area contributed by atoms with Crippen molar-refractivity contribution in [3.05, 3.63) is 35.9 Å². The Kier molecular flexibility index (Phi) is 4.49. The Bertz CT molecular complexity index is 496. The molecule has 0 saturated carbocycles. The van der Waals surface area contributed by atoms with Crippen molar-refractivity contribution in [2.75, 3.05) is 5.75 Å². The summed E-state index contributed by atoms with van der Waals surface area (Å²) in [6.07, 6.45) is 0.205. The lowest BCUT2D eigenvalue weighted by Crippen LogP contribution is -2.41. The number of hydrogen-bond acceptors (Lipinski definition) is 3. The van der Waals surface area contributed by atoms with E-state index in [0.29, 0.717) is 5.56 Å². The first-order valence-electron chi connectivity index (χ1n) is 5.40. The molecule has 17 heavy (non-hydrogen) atoms. The highest BCUT2D eigenvalue weighted by Gasteiger charge is 2.45. The van der Waals surface area contributed by atoms with Crippen molar-refractivity contribution >= 4 is 31.6 Å². The lowest BCUT2D eigenvalue weighted by Gasteiger charge is -2.23. The molecule has 0 spiro atoms. The number of rotatable bonds is 5. The van der Waals surface area contributed by atoms with E-state index in [2.05, 4.69) is 15.9 Å². The van der Waals surface area contributed by atoms with Gasteiger partial charge in [0.05, 0.1) is 0 Å². The molecular weight excluding hydrogens is 304 g/mol. The zero-order chi connectivity index (χ0) is 13.1. The number of benzene rings is 1. The molecule has 3 nitrogen and oxygen atoms in total. The van der Waals surface area contributed by atoms with Crippen molar-refractivity contribution in [3.63, 3.8) is 0 Å². The summed E-state index contributed by atoms with van der Waals surface area (Å²) in [5.41, 5.74) is 0.406. The van der Waals surface area contributed by atoms with Crippen molar-refractivity contribution in [2.24, 2.45) is 0 Å². The molecule has 5 heteroatoms. The average molecular weight is 319 g/mol. The summed E-state index contributed by atoms with van der Waals surface area (Å²) < 4.78 is 22.5. The zero-order valence-electron chi connectivity index (χ0n) is 9.81. The number of halogens is 1. The van der Waals surface area contributed by atoms with E-state index < -0.39 is 19.3 Å². The van der Waals surface area contributed by atoms with Crippen LogP contribution in [0.4, 0.5) is 0 Å². The summed E-state index contributed by atoms with van der Waals surface area (Å²) in [5, 5.41) is 0. The van der Waals surface area contributed by atoms with Crippen molar-refractivity contribution in [1.29, 1.82) is 0 Å². The molecule has 0 amide bonds. The second-order valence-electron chi connectivity index (χ2n) is 3.68. The van der Waals surface area contributed by atoms with Crippen LogP contribution in [0, 0.1) is 0 Å². The van der Waals surface area contributed by atoms with Crippen molar-refractivity contribution in [2.45, 2.75) is 23.9 Å². The number of alkyl halides is 1. The molecule has 0 aromatic heterocycles. The summed E-state index contributed by atoms with van der Waals surface area (Å²) in [7, 11) is -3.49. The van der Waals surface area contributed by atoms with Crippen LogP contribution in [-0.2, 0) is 9.84 Å². The highest BCUT2D eigenvalue weighted by atomic mass is 79.9. The molecule has 0 radical (unpaired) electrons. The zero-order valence-corrected chi connectivity index (χ0v) is 12.2. The predicted molar refractivity (Wildman–Crippen MR) is 72.2 cm³/mol. The van der Waals surface area contributed by atoms with Crippen molar-refractivity contribution in [3.8, 4) is 0 Å². The molecule has 94 valence electrons. The number of hydrogen-bond donors (Lipinski definition) is 0. The maximum Gasteiger partial charge on any atom is 0.194 e. The summed E-state index contributed by atoms with van der Waals surface area (Å²) in [6.45, 7) is 3.22. The third-order valence-corrected chi connectivity index (χ3v) is 7.32. The van der Waals surface area contributed by atoms with Gasteiger partial charge in [0.2, 0.25) is 0 Å². The predicted octanol–water partition coefficient (Wildman–Crippen LogP) is 2.81. The van der Waals surface area contributed by atoms with Crippen LogP contribution in [0.25, 0.3) is 0 Å². The molecule has 0 fully saturated rings. The van der Waals surface area contributed by atoms with Gasteiger partial charge < -0.3 is 0 Å². The highest BCUT2D eigenvalue weighted by molar-refractivity contribution is 9.12. The van der Waals surface area contributed by atoms with E-state index in [-0.39, 0.29) is 12.2 Å². The van der Waals surface area contributed by atoms with E-state index in [1.807, 2.05) is 0 Å². The molecule has 0 unspecified atom stereocenters. The van der Waals surface area contributed by atoms with E-state index in [9.17, 15) is 13.2 Å². The van der Waals surface area contributed by atoms with E-state index in [0.717, 1.165) is 0 Å². The maximum atomic E-state index is 12.3. The molecule has 0 heterocycles. The molecule has 1 aromatic carbocycles. The van der Waals surface area contributed by atoms with Gasteiger partial charge in [-0.15, -0.1) is 0 Å². The van der Waals surface area contributed by atoms with Gasteiger partial charge in [-0.25, -0.2) is 8.42 Å². The molecular formula is C12H15BrO3S. The molecule has 0 saturated heterocycles. The van der Waals surface area contributed by atoms with Gasteiger partial charge in [-0.1, -0.05) is 60.1 Å². The standard InChI is InChI=1S/C12H15BrO3S/c1-3-12(13,17(15,16)4-2)11(14)10-8-6-5-7-9-10/h5-9H,3-4H2,1-2H3/t12-/m1/s1. The summed E-state index contributed by atoms with van der Waals surface area (Å²) in [4.78, 5) is 12.3. The first-order chi connectivity index (χ1) is 7.89. The Labute approximate surface area is 110 Å². The van der Waals surface area contributed by atoms with Gasteiger partial charge >= 0.3 is 0 Å². The van der Waals surface area contributed by atoms with E-state index in [4.69, 9.17) is 0 Å². The lowest BCUT2D eigenvalue weighted by atomic mass is 10.1. The molecule has 0 aliphatic heterocycles. The van der Waals surface area contributed by atoms with Crippen LogP contribution >= 0.6 is 15.9 Å². The van der Waals surface area contributed by atoms with Gasteiger partial charge in [0, 0.05) is 11.3 Å². The Morgan fingerprint density at radius 3 is 2.18 bits per heavy atom. The second kappa shape index (κ2) is 5.31. The molecule has 0 aliphatic carbocycles. The fourth-order valence-corrected chi connectivity index (χ4v) is 3.77. The van der Waals surface area contributed by atoms with Crippen LogP contribution in [0.2, 0.25) is 0 Å². The molecule has 1 atom stereocenters. The van der Waals surface area contributed by atoms with E-state index in [1.54, 1.807) is 44.2 Å². The van der Waals surface area contributed by atoms with Gasteiger partial charge in [0.25, 0.3) is 0 Å². The van der Waals surface area contributed by atoms with Crippen LogP contribution in [0.15, 0.2) is 30.3 Å². The van der Waals surface area contributed by atoms with Crippen LogP contribution in [-0.4, -0.2) is 23.6 Å². The van der Waals surface area contributed by atoms with Gasteiger partial charge in [0.1, 0.15) is 0 Å². The quantitative estimate of drug-likeness (QED) is 0.619. The average Bonchev–Trinajstić information content (AvgIpc) is 2.37. The van der Waals surface area contributed by atoms with E-state index in [1.165, 1.54) is 0 Å². The van der Waals surface area contributed by atoms with Crippen LogP contribution in [0.1, 0.15) is 30.6 Å². The minimum absolute atomic E-state index is 0.0648. The summed E-state index contributed by atoms with van der Waals surface area (Å²) >= 11 is 3.13. The van der Waals surface area contributed by atoms with Crippen molar-refractivity contribution < 1.29 is 13.2 Å². The monoisotopic (exact) mass is 318 g/mol. The first-order valence-corrected chi connectivity index (χ1v) is 7.84. The molecule has 0 aliphatic rings. The summed E-state index contributed by atoms with van der Waals surface area (Å²) in [6, 6.07) is 8.47. The number of Topliss-reactive ketones (excluding diaryl/α,β-unsaturated/α-hetero) is 1. The fraction of sp³-hybridized carbons (Fsp3) is 0.417. The molecule has 0 bridgehead atoms. The third kappa shape index (κ3) is 2.60. The van der Waals surface area contributed by atoms with Gasteiger partial charge in [-0.3, -0.25) is 4.79 Å². The topological polar surface area (TPSA) is 51.2 Å². The Morgan fingerprint density at radius 2 is 1.76 bits per heavy atom. The Morgan fingerprint density at radius 1 is 1.24 bits per heavy atom. The highest BCUT2D eigenvalue weighted by Crippen LogP contribution is 2.33. The van der Waals surface area contributed by atoms with Crippen molar-refractivity contribution in [1.82, 2.24) is 0 Å². The van der Waals surface area contributed by atoms with Crippen LogP contribution in [0.3, 0.4) is 0 Å². The smallest absolute Gasteiger partial charge is 0.194 e. The van der Waals surface area contributed by atoms with Gasteiger partial charge in [0.15, 0.2) is 19.3 Å². The number of sulfone groups is 1.